The van der Waals surface area contributed by atoms with Gasteiger partial charge in [-0.1, -0.05) is 18.0 Å². The van der Waals surface area contributed by atoms with E-state index in [0.29, 0.717) is 17.0 Å². The van der Waals surface area contributed by atoms with Crippen LogP contribution in [-0.4, -0.2) is 9.97 Å². The third-order valence-electron chi connectivity index (χ3n) is 4.89. The summed E-state index contributed by atoms with van der Waals surface area (Å²) in [6.07, 6.45) is 7.96. The number of halogens is 2. The van der Waals surface area contributed by atoms with Crippen LogP contribution >= 0.6 is 27.5 Å². The van der Waals surface area contributed by atoms with E-state index in [1.807, 2.05) is 0 Å². The molecule has 0 spiro atoms. The lowest BCUT2D eigenvalue weighted by Crippen LogP contribution is -2.13. The molecular formula is C14H16BrClN2. The van der Waals surface area contributed by atoms with Gasteiger partial charge >= 0.3 is 0 Å². The minimum absolute atomic E-state index is 0.576. The average molecular weight is 328 g/mol. The van der Waals surface area contributed by atoms with Crippen molar-refractivity contribution in [3.63, 3.8) is 0 Å². The Balaban J connectivity index is 1.72. The number of hydrogen-bond acceptors (Lipinski definition) is 2. The van der Waals surface area contributed by atoms with Gasteiger partial charge in [-0.25, -0.2) is 9.97 Å². The molecule has 3 unspecified atom stereocenters. The van der Waals surface area contributed by atoms with Gasteiger partial charge in [0, 0.05) is 11.8 Å². The van der Waals surface area contributed by atoms with Gasteiger partial charge in [-0.15, -0.1) is 0 Å². The predicted molar refractivity (Wildman–Crippen MR) is 74.9 cm³/mol. The molecule has 96 valence electrons. The summed E-state index contributed by atoms with van der Waals surface area (Å²) in [5.41, 5.74) is 1.16. The Bertz CT molecular complexity index is 501. The molecule has 0 N–H and O–H groups in total. The minimum Gasteiger partial charge on any atom is -0.236 e. The molecule has 3 aliphatic rings. The summed E-state index contributed by atoms with van der Waals surface area (Å²) in [5.74, 6) is 3.97. The van der Waals surface area contributed by atoms with Crippen molar-refractivity contribution in [2.24, 2.45) is 11.8 Å². The summed E-state index contributed by atoms with van der Waals surface area (Å²) in [7, 11) is 0. The zero-order valence-electron chi connectivity index (χ0n) is 10.2. The maximum atomic E-state index is 6.27. The lowest BCUT2D eigenvalue weighted by Gasteiger charge is -2.21. The van der Waals surface area contributed by atoms with Crippen molar-refractivity contribution in [1.29, 1.82) is 0 Å². The first-order valence-corrected chi connectivity index (χ1v) is 8.12. The van der Waals surface area contributed by atoms with Crippen molar-refractivity contribution in [2.75, 3.05) is 0 Å². The quantitative estimate of drug-likeness (QED) is 0.737. The molecule has 0 amide bonds. The zero-order chi connectivity index (χ0) is 12.3. The molecule has 4 heteroatoms. The van der Waals surface area contributed by atoms with Crippen molar-refractivity contribution < 1.29 is 0 Å². The molecule has 1 aromatic rings. The Labute approximate surface area is 121 Å². The predicted octanol–water partition coefficient (Wildman–Crippen LogP) is 4.67. The van der Waals surface area contributed by atoms with E-state index in [1.54, 1.807) is 0 Å². The Morgan fingerprint density at radius 1 is 1.06 bits per heavy atom. The fourth-order valence-electron chi connectivity index (χ4n) is 3.81. The van der Waals surface area contributed by atoms with Gasteiger partial charge in [-0.05, 0) is 59.9 Å². The van der Waals surface area contributed by atoms with Crippen LogP contribution in [0.25, 0.3) is 0 Å². The van der Waals surface area contributed by atoms with Crippen LogP contribution in [0.2, 0.25) is 5.15 Å². The highest BCUT2D eigenvalue weighted by Gasteiger charge is 2.42. The van der Waals surface area contributed by atoms with E-state index in [2.05, 4.69) is 20.9 Å². The zero-order valence-corrected chi connectivity index (χ0v) is 12.5. The average Bonchev–Trinajstić information content (AvgIpc) is 2.99. The summed E-state index contributed by atoms with van der Waals surface area (Å²) in [5, 5.41) is 0.615. The Hall–Kier alpha value is -0.150. The molecule has 1 aromatic heterocycles. The molecule has 0 radical (unpaired) electrons. The fraction of sp³-hybridized carbons (Fsp3) is 0.714. The third kappa shape index (κ3) is 1.82. The first kappa shape index (κ1) is 11.7. The highest BCUT2D eigenvalue weighted by Crippen LogP contribution is 2.53. The van der Waals surface area contributed by atoms with Crippen LogP contribution in [0.5, 0.6) is 0 Å². The van der Waals surface area contributed by atoms with E-state index in [9.17, 15) is 0 Å². The number of rotatable bonds is 2. The second-order valence-electron chi connectivity index (χ2n) is 6.13. The summed E-state index contributed by atoms with van der Waals surface area (Å²) < 4.78 is 0.929. The minimum atomic E-state index is 0.576. The van der Waals surface area contributed by atoms with Crippen LogP contribution in [0.1, 0.15) is 61.9 Å². The van der Waals surface area contributed by atoms with Gasteiger partial charge < -0.3 is 0 Å². The van der Waals surface area contributed by atoms with Crippen molar-refractivity contribution in [3.8, 4) is 0 Å². The summed E-state index contributed by atoms with van der Waals surface area (Å²) >= 11 is 9.82. The van der Waals surface area contributed by atoms with E-state index < -0.39 is 0 Å². The van der Waals surface area contributed by atoms with Crippen LogP contribution in [0.4, 0.5) is 0 Å². The second-order valence-corrected chi connectivity index (χ2v) is 7.28. The SMILES string of the molecule is Clc1nc(C2CC3CCC2C3)nc(C2CC2)c1Br. The van der Waals surface area contributed by atoms with Crippen LogP contribution in [0, 0.1) is 11.8 Å². The number of nitrogens with zero attached hydrogens (tertiary/aromatic N) is 2. The molecule has 3 fully saturated rings. The molecule has 3 atom stereocenters. The van der Waals surface area contributed by atoms with Crippen LogP contribution in [-0.2, 0) is 0 Å². The third-order valence-corrected chi connectivity index (χ3v) is 6.17. The van der Waals surface area contributed by atoms with Gasteiger partial charge in [0.15, 0.2) is 0 Å². The monoisotopic (exact) mass is 326 g/mol. The summed E-state index contributed by atoms with van der Waals surface area (Å²) in [4.78, 5) is 9.41. The summed E-state index contributed by atoms with van der Waals surface area (Å²) in [6, 6.07) is 0. The van der Waals surface area contributed by atoms with Gasteiger partial charge in [-0.3, -0.25) is 0 Å². The van der Waals surface area contributed by atoms with Crippen LogP contribution < -0.4 is 0 Å². The van der Waals surface area contributed by atoms with E-state index in [0.717, 1.165) is 27.8 Å². The molecule has 0 saturated heterocycles. The molecule has 3 saturated carbocycles. The maximum absolute atomic E-state index is 6.27. The van der Waals surface area contributed by atoms with Crippen molar-refractivity contribution in [3.05, 3.63) is 21.1 Å². The van der Waals surface area contributed by atoms with E-state index in [1.165, 1.54) is 38.5 Å². The van der Waals surface area contributed by atoms with Crippen LogP contribution in [0.15, 0.2) is 4.47 Å². The van der Waals surface area contributed by atoms with Crippen molar-refractivity contribution in [2.45, 2.75) is 50.4 Å². The molecule has 0 aromatic carbocycles. The highest BCUT2D eigenvalue weighted by molar-refractivity contribution is 9.10. The molecular weight excluding hydrogens is 312 g/mol. The normalized spacial score (nSPS) is 34.2. The molecule has 1 heterocycles. The molecule has 2 bridgehead atoms. The Kier molecular flexibility index (Phi) is 2.70. The van der Waals surface area contributed by atoms with Crippen molar-refractivity contribution in [1.82, 2.24) is 9.97 Å². The van der Waals surface area contributed by atoms with Gasteiger partial charge in [0.05, 0.1) is 10.2 Å². The number of hydrogen-bond donors (Lipinski definition) is 0. The molecule has 0 aliphatic heterocycles. The van der Waals surface area contributed by atoms with Gasteiger partial charge in [0.25, 0.3) is 0 Å². The lowest BCUT2D eigenvalue weighted by molar-refractivity contribution is 0.404. The first-order valence-electron chi connectivity index (χ1n) is 6.95. The van der Waals surface area contributed by atoms with E-state index in [4.69, 9.17) is 16.6 Å². The summed E-state index contributed by atoms with van der Waals surface area (Å²) in [6.45, 7) is 0. The lowest BCUT2D eigenvalue weighted by atomic mass is 9.88. The molecule has 2 nitrogen and oxygen atoms in total. The Morgan fingerprint density at radius 3 is 2.50 bits per heavy atom. The van der Waals surface area contributed by atoms with Gasteiger partial charge in [0.1, 0.15) is 11.0 Å². The smallest absolute Gasteiger partial charge is 0.147 e. The maximum Gasteiger partial charge on any atom is 0.147 e. The second kappa shape index (κ2) is 4.17. The standard InChI is InChI=1S/C14H16BrClN2/c15-11-12(8-3-4-8)17-14(18-13(11)16)10-6-7-1-2-9(10)5-7/h7-10H,1-6H2. The molecule has 4 rings (SSSR count). The van der Waals surface area contributed by atoms with Crippen LogP contribution in [0.3, 0.4) is 0 Å². The van der Waals surface area contributed by atoms with Crippen molar-refractivity contribution >= 4 is 27.5 Å². The largest absolute Gasteiger partial charge is 0.236 e. The van der Waals surface area contributed by atoms with Gasteiger partial charge in [0.2, 0.25) is 0 Å². The van der Waals surface area contributed by atoms with Gasteiger partial charge in [-0.2, -0.15) is 0 Å². The number of aromatic nitrogens is 2. The topological polar surface area (TPSA) is 25.8 Å². The Morgan fingerprint density at radius 2 is 1.89 bits per heavy atom. The highest BCUT2D eigenvalue weighted by atomic mass is 79.9. The fourth-order valence-corrected chi connectivity index (χ4v) is 4.49. The molecule has 3 aliphatic carbocycles. The number of fused-ring (bicyclic) bond motifs is 2. The first-order chi connectivity index (χ1) is 8.72. The van der Waals surface area contributed by atoms with E-state index in [-0.39, 0.29) is 0 Å². The van der Waals surface area contributed by atoms with E-state index >= 15 is 0 Å². The molecule has 18 heavy (non-hydrogen) atoms.